The van der Waals surface area contributed by atoms with Gasteiger partial charge in [-0.05, 0) is 36.5 Å². The normalized spacial score (nSPS) is 28.4. The maximum atomic E-state index is 13.3. The molecule has 0 saturated carbocycles. The topological polar surface area (TPSA) is 216 Å². The number of nitrogens with two attached hydrogens (primary N) is 2. The summed E-state index contributed by atoms with van der Waals surface area (Å²) in [6.07, 6.45) is 6.83. The Balaban J connectivity index is 1.26. The Kier molecular flexibility index (Phi) is 5.47. The van der Waals surface area contributed by atoms with E-state index in [9.17, 15) is 19.8 Å². The van der Waals surface area contributed by atoms with Gasteiger partial charge >= 0.3 is 0 Å². The molecule has 6 rings (SSSR count). The summed E-state index contributed by atoms with van der Waals surface area (Å²) < 4.78 is 0. The molecule has 1 aliphatic carbocycles. The van der Waals surface area contributed by atoms with Crippen LogP contribution in [0.2, 0.25) is 0 Å². The van der Waals surface area contributed by atoms with Crippen LogP contribution < -0.4 is 27.4 Å². The molecule has 1 unspecified atom stereocenters. The quantitative estimate of drug-likeness (QED) is 0.200. The van der Waals surface area contributed by atoms with Crippen LogP contribution in [0.25, 0.3) is 0 Å². The number of hydrogen-bond donors (Lipinski definition) is 7. The second-order valence-electron chi connectivity index (χ2n) is 9.87. The highest BCUT2D eigenvalue weighted by Gasteiger charge is 2.73. The third kappa shape index (κ3) is 3.48. The molecule has 38 heavy (non-hydrogen) atoms. The van der Waals surface area contributed by atoms with Crippen molar-refractivity contribution >= 4 is 23.7 Å². The molecule has 1 saturated heterocycles. The number of guanidine groups is 2. The second kappa shape index (κ2) is 8.63. The largest absolute Gasteiger partial charge is 0.370 e. The summed E-state index contributed by atoms with van der Waals surface area (Å²) in [5.41, 5.74) is 13.3. The first-order valence-electron chi connectivity index (χ1n) is 12.4. The minimum Gasteiger partial charge on any atom is -0.370 e. The van der Waals surface area contributed by atoms with Crippen LogP contribution in [0.5, 0.6) is 0 Å². The van der Waals surface area contributed by atoms with Crippen LogP contribution in [0.4, 0.5) is 0 Å². The minimum atomic E-state index is -2.57. The van der Waals surface area contributed by atoms with Gasteiger partial charge in [0.2, 0.25) is 5.79 Å². The van der Waals surface area contributed by atoms with Gasteiger partial charge in [-0.25, -0.2) is 15.0 Å². The molecule has 14 heteroatoms. The Bertz CT molecular complexity index is 1360. The summed E-state index contributed by atoms with van der Waals surface area (Å²) in [4.78, 5) is 44.0. The molecule has 0 radical (unpaired) electrons. The molecule has 4 heterocycles. The smallest absolute Gasteiger partial charge is 0.271 e. The number of nitrogens with zero attached hydrogens (tertiary/aromatic N) is 5. The molecule has 198 valence electrons. The second-order valence-corrected chi connectivity index (χ2v) is 9.87. The molecule has 2 amide bonds. The molecule has 9 N–H and O–H groups in total. The van der Waals surface area contributed by atoms with E-state index in [-0.39, 0.29) is 30.7 Å². The van der Waals surface area contributed by atoms with Crippen LogP contribution in [0.15, 0.2) is 46.8 Å². The highest BCUT2D eigenvalue weighted by atomic mass is 16.5. The first kappa shape index (κ1) is 24.1. The third-order valence-electron chi connectivity index (χ3n) is 7.77. The van der Waals surface area contributed by atoms with Gasteiger partial charge in [0.15, 0.2) is 17.6 Å². The van der Waals surface area contributed by atoms with Crippen molar-refractivity contribution in [3.63, 3.8) is 0 Å². The number of aryl methyl sites for hydroxylation is 1. The van der Waals surface area contributed by atoms with E-state index >= 15 is 0 Å². The lowest BCUT2D eigenvalue weighted by molar-refractivity contribution is -0.230. The summed E-state index contributed by atoms with van der Waals surface area (Å²) in [6, 6.07) is 2.66. The maximum absolute atomic E-state index is 13.3. The molecule has 4 atom stereocenters. The van der Waals surface area contributed by atoms with Crippen LogP contribution in [-0.4, -0.2) is 91.5 Å². The zero-order valence-corrected chi connectivity index (χ0v) is 20.3. The fourth-order valence-electron chi connectivity index (χ4n) is 6.02. The zero-order chi connectivity index (χ0) is 26.7. The summed E-state index contributed by atoms with van der Waals surface area (Å²) in [5.74, 6) is -3.52. The van der Waals surface area contributed by atoms with Crippen LogP contribution in [0.3, 0.4) is 0 Å². The SMILES string of the molecule is NC1=N[C@H]2[C@H](CNC(=O)c3cnccn3)N=C(N)N3CC(NC(=O)c4cccc5c4CCC5)C(O)(O)[C@]23N1. The van der Waals surface area contributed by atoms with E-state index in [4.69, 9.17) is 11.5 Å². The van der Waals surface area contributed by atoms with E-state index in [0.717, 1.165) is 30.4 Å². The Morgan fingerprint density at radius 1 is 1.16 bits per heavy atom. The van der Waals surface area contributed by atoms with E-state index in [1.165, 1.54) is 23.5 Å². The Labute approximate surface area is 217 Å². The van der Waals surface area contributed by atoms with Crippen molar-refractivity contribution in [2.75, 3.05) is 13.1 Å². The first-order chi connectivity index (χ1) is 18.2. The highest BCUT2D eigenvalue weighted by Crippen LogP contribution is 2.44. The van der Waals surface area contributed by atoms with E-state index in [1.54, 1.807) is 6.07 Å². The van der Waals surface area contributed by atoms with Gasteiger partial charge in [-0.2, -0.15) is 0 Å². The van der Waals surface area contributed by atoms with Crippen molar-refractivity contribution in [1.82, 2.24) is 30.8 Å². The number of nitrogens with one attached hydrogen (secondary N) is 3. The number of carbonyl (C=O) groups is 2. The summed E-state index contributed by atoms with van der Waals surface area (Å²) in [7, 11) is 0. The van der Waals surface area contributed by atoms with Crippen LogP contribution in [0, 0.1) is 0 Å². The molecule has 1 spiro atoms. The van der Waals surface area contributed by atoms with Crippen molar-refractivity contribution < 1.29 is 19.8 Å². The van der Waals surface area contributed by atoms with E-state index in [1.807, 2.05) is 12.1 Å². The monoisotopic (exact) mass is 520 g/mol. The number of fused-ring (bicyclic) bond motifs is 1. The number of aliphatic hydroxyl groups is 2. The van der Waals surface area contributed by atoms with Crippen molar-refractivity contribution in [2.45, 2.75) is 48.8 Å². The van der Waals surface area contributed by atoms with Crippen LogP contribution in [-0.2, 0) is 12.8 Å². The number of hydrogen-bond acceptors (Lipinski definition) is 12. The van der Waals surface area contributed by atoms with Gasteiger partial charge in [-0.1, -0.05) is 12.1 Å². The van der Waals surface area contributed by atoms with Gasteiger partial charge in [0.05, 0.1) is 12.2 Å². The molecule has 1 aromatic heterocycles. The first-order valence-corrected chi connectivity index (χ1v) is 12.4. The molecule has 14 nitrogen and oxygen atoms in total. The number of aromatic nitrogens is 2. The van der Waals surface area contributed by atoms with Crippen molar-refractivity contribution in [2.24, 2.45) is 21.5 Å². The average Bonchev–Trinajstić information content (AvgIpc) is 3.58. The summed E-state index contributed by atoms with van der Waals surface area (Å²) in [6.45, 7) is -0.105. The Morgan fingerprint density at radius 3 is 2.79 bits per heavy atom. The third-order valence-corrected chi connectivity index (χ3v) is 7.77. The molecule has 2 aromatic rings. The Morgan fingerprint density at radius 2 is 2.00 bits per heavy atom. The van der Waals surface area contributed by atoms with Gasteiger partial charge in [-0.3, -0.25) is 14.6 Å². The van der Waals surface area contributed by atoms with E-state index in [2.05, 4.69) is 35.9 Å². The lowest BCUT2D eigenvalue weighted by atomic mass is 9.85. The maximum Gasteiger partial charge on any atom is 0.271 e. The van der Waals surface area contributed by atoms with Gasteiger partial charge in [-0.15, -0.1) is 0 Å². The average molecular weight is 521 g/mol. The van der Waals surface area contributed by atoms with Gasteiger partial charge in [0, 0.05) is 31.0 Å². The number of benzene rings is 1. The van der Waals surface area contributed by atoms with Crippen molar-refractivity contribution in [3.05, 3.63) is 59.2 Å². The van der Waals surface area contributed by atoms with Crippen molar-refractivity contribution in [1.29, 1.82) is 0 Å². The number of rotatable bonds is 5. The van der Waals surface area contributed by atoms with E-state index < -0.39 is 41.4 Å². The molecule has 4 aliphatic rings. The van der Waals surface area contributed by atoms with Crippen LogP contribution >= 0.6 is 0 Å². The molecule has 1 aromatic carbocycles. The standard InChI is InChI=1S/C24H28N10O4/c25-21-32-18-15(10-29-20(36)16-9-27-7-8-28-16)30-22(26)34-11-17(24(37,38)23(18,34)33-21)31-19(35)14-6-2-4-12-3-1-5-13(12)14/h2,4,6-9,15,17-18,37-38H,1,3,5,10-11H2,(H2,26,30)(H,29,36)(H,31,35)(H3,25,32,33)/t15-,17?,18-,23-/m0/s1. The Hall–Kier alpha value is -4.30. The van der Waals surface area contributed by atoms with Crippen LogP contribution in [0.1, 0.15) is 38.4 Å². The molecular formula is C24H28N10O4. The molecule has 1 fully saturated rings. The van der Waals surface area contributed by atoms with Gasteiger partial charge in [0.25, 0.3) is 11.8 Å². The minimum absolute atomic E-state index is 0.0118. The number of aliphatic imine (C=N–C) groups is 2. The fourth-order valence-corrected chi connectivity index (χ4v) is 6.02. The molecule has 3 aliphatic heterocycles. The highest BCUT2D eigenvalue weighted by molar-refractivity contribution is 5.97. The van der Waals surface area contributed by atoms with E-state index in [0.29, 0.717) is 5.56 Å². The summed E-state index contributed by atoms with van der Waals surface area (Å²) in [5, 5.41) is 31.6. The molecule has 0 bridgehead atoms. The zero-order valence-electron chi connectivity index (χ0n) is 20.3. The predicted molar refractivity (Wildman–Crippen MR) is 135 cm³/mol. The predicted octanol–water partition coefficient (Wildman–Crippen LogP) is -2.83. The number of carbonyl (C=O) groups excluding carboxylic acids is 2. The number of amides is 2. The van der Waals surface area contributed by atoms with Crippen molar-refractivity contribution in [3.8, 4) is 0 Å². The fraction of sp³-hybridized carbons (Fsp3) is 0.417. The summed E-state index contributed by atoms with van der Waals surface area (Å²) >= 11 is 0. The van der Waals surface area contributed by atoms with Gasteiger partial charge in [0.1, 0.15) is 17.8 Å². The molecular weight excluding hydrogens is 492 g/mol. The lowest BCUT2D eigenvalue weighted by Crippen LogP contribution is -2.78. The van der Waals surface area contributed by atoms with Gasteiger partial charge < -0.3 is 42.5 Å². The lowest BCUT2D eigenvalue weighted by Gasteiger charge is -2.49.